The molecule has 0 aliphatic carbocycles. The fraction of sp³-hybridized carbons (Fsp3) is 0.343. The van der Waals surface area contributed by atoms with Crippen LogP contribution in [0.25, 0.3) is 23.3 Å². The number of hydrogen-bond donors (Lipinski definition) is 5. The Kier molecular flexibility index (Phi) is 28.5. The number of nitrogens with one attached hydrogen (secondary N) is 1. The molecule has 10 aromatic rings. The minimum atomic E-state index is -0.859. The summed E-state index contributed by atoms with van der Waals surface area (Å²) in [6.07, 6.45) is 7.99. The normalized spacial score (nSPS) is 20.6. The quantitative estimate of drug-likeness (QED) is 0.0987. The number of para-hydroxylation sites is 10. The van der Waals surface area contributed by atoms with E-state index in [9.17, 15) is 20.1 Å². The van der Waals surface area contributed by atoms with Gasteiger partial charge in [0.15, 0.2) is 0 Å². The number of ether oxygens (including phenoxy) is 6. The van der Waals surface area contributed by atoms with E-state index in [1.54, 1.807) is 11.9 Å². The predicted molar refractivity (Wildman–Crippen MR) is 465 cm³/mol. The maximum Gasteiger partial charge on any atom is 1.00 e. The van der Waals surface area contributed by atoms with E-state index in [0.717, 1.165) is 207 Å². The largest absolute Gasteiger partial charge is 1.00 e. The van der Waals surface area contributed by atoms with Crippen LogP contribution in [0.1, 0.15) is 163 Å². The molecule has 6 atom stereocenters. The molecule has 6 unspecified atom stereocenters. The van der Waals surface area contributed by atoms with Crippen LogP contribution in [-0.2, 0) is 21.5 Å². The van der Waals surface area contributed by atoms with Crippen molar-refractivity contribution in [1.82, 2.24) is 31.1 Å². The number of amides is 1. The first-order valence-corrected chi connectivity index (χ1v) is 39.9. The number of hydrogen-bond acceptors (Lipinski definition) is 15. The number of likely N-dealkylation sites (N-methyl/N-ethyl adjacent to an activating group) is 3. The van der Waals surface area contributed by atoms with E-state index < -0.39 is 22.4 Å². The molecule has 7 N–H and O–H groups in total. The SMILES string of the molecule is C.CNCCC1=Cc2cccc(C)c2Oc2ccccc21.Cc1cccc2c1Oc1ccccc1C(CCN(C)C(=O)OC(C)(C)C)=C2.Cc1cccc2c1Oc1ccccc1C1(O)CCN(C)CC21.Cc1cccc2c1Oc1ccccc1C1(O)CCN(C)CC21.Cc1cccc2c1Oc1ccccc1C1(O)CCN(C)CC21.N.[H-].[K+]. The topological polar surface area (TPSA) is 193 Å². The number of nitrogens with zero attached hydrogens (tertiary/aromatic N) is 4. The number of aliphatic hydroxyl groups is 3. The average molecular weight is 1590 g/mol. The molecule has 3 fully saturated rings. The molecular weight excluding hydrogens is 1470 g/mol. The molecule has 116 heavy (non-hydrogen) atoms. The monoisotopic (exact) mass is 1590 g/mol. The van der Waals surface area contributed by atoms with Crippen LogP contribution in [0.3, 0.4) is 0 Å². The molecule has 0 radical (unpaired) electrons. The number of carbonyl (C=O) groups is 1. The molecule has 17 heteroatoms. The number of piperidine rings is 3. The molecule has 604 valence electrons. The van der Waals surface area contributed by atoms with Crippen molar-refractivity contribution in [1.29, 1.82) is 0 Å². The Balaban J connectivity index is 0.000000153. The van der Waals surface area contributed by atoms with Gasteiger partial charge in [-0.25, -0.2) is 4.79 Å². The van der Waals surface area contributed by atoms with Crippen molar-refractivity contribution in [3.05, 3.63) is 296 Å². The summed E-state index contributed by atoms with van der Waals surface area (Å²) >= 11 is 0. The van der Waals surface area contributed by atoms with Crippen LogP contribution in [0.5, 0.6) is 57.5 Å². The molecule has 8 aliphatic heterocycles. The van der Waals surface area contributed by atoms with Crippen LogP contribution in [0.2, 0.25) is 0 Å². The molecule has 10 aromatic carbocycles. The minimum absolute atomic E-state index is 0. The summed E-state index contributed by atoms with van der Waals surface area (Å²) in [7, 11) is 10.1. The van der Waals surface area contributed by atoms with Gasteiger partial charge in [0.1, 0.15) is 79.9 Å². The second-order valence-electron chi connectivity index (χ2n) is 32.8. The first-order chi connectivity index (χ1) is 54.3. The summed E-state index contributed by atoms with van der Waals surface area (Å²) in [6.45, 7) is 22.7. The van der Waals surface area contributed by atoms with Crippen LogP contribution in [0, 0.1) is 34.6 Å². The summed E-state index contributed by atoms with van der Waals surface area (Å²) < 4.78 is 36.6. The van der Waals surface area contributed by atoms with Crippen molar-refractivity contribution in [2.45, 2.75) is 135 Å². The molecule has 0 aromatic heterocycles. The Morgan fingerprint density at radius 2 is 0.759 bits per heavy atom. The van der Waals surface area contributed by atoms with Crippen molar-refractivity contribution in [2.75, 3.05) is 87.6 Å². The zero-order chi connectivity index (χ0) is 79.5. The summed E-state index contributed by atoms with van der Waals surface area (Å²) in [5.41, 5.74) is 15.6. The summed E-state index contributed by atoms with van der Waals surface area (Å²) in [4.78, 5) is 20.7. The number of aryl methyl sites for hydroxylation is 5. The fourth-order valence-corrected chi connectivity index (χ4v) is 17.3. The number of benzene rings is 10. The van der Waals surface area contributed by atoms with Gasteiger partial charge < -0.3 is 76.2 Å². The van der Waals surface area contributed by atoms with Gasteiger partial charge >= 0.3 is 57.5 Å². The van der Waals surface area contributed by atoms with Crippen molar-refractivity contribution in [2.24, 2.45) is 0 Å². The third kappa shape index (κ3) is 18.6. The Bertz CT molecular complexity index is 4920. The van der Waals surface area contributed by atoms with Gasteiger partial charge in [-0.3, -0.25) is 0 Å². The smallest absolute Gasteiger partial charge is 1.00 e. The molecule has 0 spiro atoms. The van der Waals surface area contributed by atoms with Gasteiger partial charge in [-0.2, -0.15) is 0 Å². The van der Waals surface area contributed by atoms with Crippen LogP contribution >= 0.6 is 0 Å². The zero-order valence-electron chi connectivity index (χ0n) is 70.5. The van der Waals surface area contributed by atoms with Gasteiger partial charge in [0.25, 0.3) is 0 Å². The third-order valence-corrected chi connectivity index (χ3v) is 23.5. The molecule has 8 heterocycles. The van der Waals surface area contributed by atoms with Gasteiger partial charge in [-0.15, -0.1) is 0 Å². The van der Waals surface area contributed by atoms with E-state index in [2.05, 4.69) is 191 Å². The Morgan fingerprint density at radius 1 is 0.457 bits per heavy atom. The standard InChI is InChI=1S/C23H27NO3.3C19H21NO2.C18H19NO.CH4.K.H3N.H/c1-16-9-8-10-18-15-17(13-14-24(5)22(25)27-23(2,3)4)19-11-6-7-12-20(19)26-21(16)18;3*1-13-6-5-7-14-16-12-20(2)11-10-19(16,21)15-8-3-4-9-17(15)22-18(13)14;1-13-6-5-7-15-12-14(10-11-19-2)16-8-3-4-9-17(16)20-18(13)15;;;;/h6-12,15H,13-14H2,1-5H3;3*3-9,16,21H,10-12H2,1-2H3;3-9,12,19H,10-11H2,1-2H3;1H4;;1H3;/q;;;;;;+1;;-1. The van der Waals surface area contributed by atoms with Gasteiger partial charge in [0.2, 0.25) is 0 Å². The van der Waals surface area contributed by atoms with Crippen LogP contribution in [0.4, 0.5) is 4.79 Å². The fourth-order valence-electron chi connectivity index (χ4n) is 17.3. The number of rotatable bonds is 6. The number of fused-ring (bicyclic) bond motifs is 19. The first-order valence-electron chi connectivity index (χ1n) is 39.9. The average Bonchev–Trinajstić information content (AvgIpc) is 1.64. The van der Waals surface area contributed by atoms with Gasteiger partial charge in [-0.05, 0) is 204 Å². The Labute approximate surface area is 731 Å². The second kappa shape index (κ2) is 37.5. The van der Waals surface area contributed by atoms with E-state index in [1.165, 1.54) is 16.7 Å². The van der Waals surface area contributed by atoms with E-state index in [4.69, 9.17) is 28.4 Å². The predicted octanol–water partition coefficient (Wildman–Crippen LogP) is 18.3. The third-order valence-electron chi connectivity index (χ3n) is 23.5. The Hall–Kier alpha value is -8.73. The number of likely N-dealkylation sites (tertiary alicyclic amines) is 3. The molecule has 3 saturated heterocycles. The summed E-state index contributed by atoms with van der Waals surface area (Å²) in [5.74, 6) is 8.83. The van der Waals surface area contributed by atoms with Crippen LogP contribution < -0.4 is 86.5 Å². The first kappa shape index (κ1) is 88.1. The van der Waals surface area contributed by atoms with E-state index in [-0.39, 0.29) is 90.2 Å². The molecule has 18 rings (SSSR count). The minimum Gasteiger partial charge on any atom is -1.00 e. The summed E-state index contributed by atoms with van der Waals surface area (Å²) in [6, 6.07) is 71.2. The van der Waals surface area contributed by atoms with Gasteiger partial charge in [-0.1, -0.05) is 189 Å². The Morgan fingerprint density at radius 3 is 1.10 bits per heavy atom. The molecule has 16 nitrogen and oxygen atoms in total. The van der Waals surface area contributed by atoms with E-state index in [0.29, 0.717) is 13.0 Å². The molecule has 0 bridgehead atoms. The molecule has 1 amide bonds. The van der Waals surface area contributed by atoms with Crippen molar-refractivity contribution in [3.63, 3.8) is 0 Å². The van der Waals surface area contributed by atoms with Crippen LogP contribution in [0.15, 0.2) is 212 Å². The molecular formula is C99H117KN6O10. The molecule has 0 saturated carbocycles. The maximum absolute atomic E-state index is 12.2. The van der Waals surface area contributed by atoms with Crippen molar-refractivity contribution >= 4 is 29.4 Å². The number of carbonyl (C=O) groups excluding carboxylic acids is 1. The van der Waals surface area contributed by atoms with E-state index in [1.807, 2.05) is 137 Å². The summed E-state index contributed by atoms with van der Waals surface area (Å²) in [5, 5.41) is 37.9. The van der Waals surface area contributed by atoms with E-state index >= 15 is 0 Å². The van der Waals surface area contributed by atoms with Crippen LogP contribution in [-0.4, -0.2) is 134 Å². The van der Waals surface area contributed by atoms with Gasteiger partial charge in [0.05, 0.1) is 0 Å². The van der Waals surface area contributed by atoms with Crippen molar-refractivity contribution < 1.29 is 101 Å². The maximum atomic E-state index is 12.2. The van der Waals surface area contributed by atoms with Crippen molar-refractivity contribution in [3.8, 4) is 57.5 Å². The molecule has 8 aliphatic rings. The van der Waals surface area contributed by atoms with Gasteiger partial charge in [0, 0.05) is 126 Å². The zero-order valence-corrected chi connectivity index (χ0v) is 72.6. The second-order valence-corrected chi connectivity index (χ2v) is 32.8.